The number of imidazole rings is 1. The largest absolute Gasteiger partial charge is 0.345 e. The summed E-state index contributed by atoms with van der Waals surface area (Å²) in [6.07, 6.45) is 6.62. The van der Waals surface area contributed by atoms with E-state index in [0.29, 0.717) is 5.56 Å². The Morgan fingerprint density at radius 3 is 3.04 bits per heavy atom. The molecule has 3 aromatic rings. The molecule has 2 aromatic heterocycles. The van der Waals surface area contributed by atoms with Gasteiger partial charge in [0, 0.05) is 25.4 Å². The molecule has 1 amide bonds. The molecule has 1 fully saturated rings. The van der Waals surface area contributed by atoms with Gasteiger partial charge in [0.25, 0.3) is 5.91 Å². The van der Waals surface area contributed by atoms with Crippen molar-refractivity contribution in [2.24, 2.45) is 7.05 Å². The first-order valence-electron chi connectivity index (χ1n) is 7.96. The van der Waals surface area contributed by atoms with E-state index >= 15 is 0 Å². The molecule has 1 N–H and O–H groups in total. The number of fused-ring (bicyclic) bond motifs is 1. The molecule has 6 heteroatoms. The van der Waals surface area contributed by atoms with Gasteiger partial charge >= 0.3 is 0 Å². The average molecular weight is 309 g/mol. The number of carbonyl (C=O) groups excluding carboxylic acids is 1. The zero-order valence-corrected chi connectivity index (χ0v) is 13.1. The third kappa shape index (κ3) is 2.40. The van der Waals surface area contributed by atoms with Crippen molar-refractivity contribution in [2.45, 2.75) is 25.3 Å². The van der Waals surface area contributed by atoms with E-state index in [1.54, 1.807) is 12.5 Å². The molecule has 1 aliphatic rings. The van der Waals surface area contributed by atoms with Crippen molar-refractivity contribution >= 4 is 16.9 Å². The number of benzene rings is 1. The number of hydrogen-bond donors (Lipinski definition) is 1. The second-order valence-electron chi connectivity index (χ2n) is 6.02. The third-order valence-electron chi connectivity index (χ3n) is 4.63. The topological polar surface area (TPSA) is 66.8 Å². The lowest BCUT2D eigenvalue weighted by atomic mass is 9.98. The van der Waals surface area contributed by atoms with Crippen LogP contribution in [0.25, 0.3) is 11.0 Å². The average Bonchev–Trinajstić information content (AvgIpc) is 3.22. The van der Waals surface area contributed by atoms with Gasteiger partial charge in [0.1, 0.15) is 0 Å². The molecule has 1 saturated heterocycles. The van der Waals surface area contributed by atoms with Gasteiger partial charge in [0.05, 0.1) is 29.1 Å². The molecule has 0 saturated carbocycles. The Bertz CT molecular complexity index is 849. The fraction of sp³-hybridized carbons (Fsp3) is 0.353. The molecule has 3 heterocycles. The highest BCUT2D eigenvalue weighted by Crippen LogP contribution is 2.32. The minimum absolute atomic E-state index is 0.0763. The van der Waals surface area contributed by atoms with Gasteiger partial charge in [-0.15, -0.1) is 0 Å². The lowest BCUT2D eigenvalue weighted by molar-refractivity contribution is 0.0601. The molecule has 0 radical (unpaired) electrons. The van der Waals surface area contributed by atoms with Crippen molar-refractivity contribution in [1.82, 2.24) is 24.6 Å². The summed E-state index contributed by atoms with van der Waals surface area (Å²) in [5.74, 6) is 0.0763. The van der Waals surface area contributed by atoms with Gasteiger partial charge in [-0.3, -0.25) is 9.48 Å². The first-order chi connectivity index (χ1) is 11.2. The molecule has 0 spiro atoms. The van der Waals surface area contributed by atoms with Crippen molar-refractivity contribution in [1.29, 1.82) is 0 Å². The second-order valence-corrected chi connectivity index (χ2v) is 6.02. The van der Waals surface area contributed by atoms with Gasteiger partial charge in [-0.2, -0.15) is 5.10 Å². The molecule has 6 nitrogen and oxygen atoms in total. The minimum atomic E-state index is 0.0763. The standard InChI is InChI=1S/C17H19N5O/c1-21-15(7-8-20-21)16-4-2-3-9-22(16)17(23)12-5-6-13-14(10-12)19-11-18-13/h5-8,10-11,16H,2-4,9H2,1H3,(H,18,19)/t16-/m1/s1. The van der Waals surface area contributed by atoms with E-state index in [-0.39, 0.29) is 11.9 Å². The van der Waals surface area contributed by atoms with E-state index in [9.17, 15) is 4.79 Å². The van der Waals surface area contributed by atoms with Gasteiger partial charge in [-0.25, -0.2) is 4.98 Å². The summed E-state index contributed by atoms with van der Waals surface area (Å²) in [5, 5.41) is 4.26. The molecule has 0 aliphatic carbocycles. The number of aromatic nitrogens is 4. The van der Waals surface area contributed by atoms with Crippen LogP contribution in [0.2, 0.25) is 0 Å². The zero-order chi connectivity index (χ0) is 15.8. The van der Waals surface area contributed by atoms with Crippen molar-refractivity contribution < 1.29 is 4.79 Å². The summed E-state index contributed by atoms with van der Waals surface area (Å²) < 4.78 is 1.87. The van der Waals surface area contributed by atoms with Gasteiger partial charge in [0.2, 0.25) is 0 Å². The van der Waals surface area contributed by atoms with Crippen LogP contribution in [0.15, 0.2) is 36.8 Å². The number of rotatable bonds is 2. The van der Waals surface area contributed by atoms with Gasteiger partial charge in [0.15, 0.2) is 0 Å². The summed E-state index contributed by atoms with van der Waals surface area (Å²) in [6.45, 7) is 0.787. The van der Waals surface area contributed by atoms with Crippen molar-refractivity contribution in [3.8, 4) is 0 Å². The molecule has 0 unspecified atom stereocenters. The number of aromatic amines is 1. The monoisotopic (exact) mass is 309 g/mol. The minimum Gasteiger partial charge on any atom is -0.345 e. The van der Waals surface area contributed by atoms with Gasteiger partial charge < -0.3 is 9.88 Å². The first kappa shape index (κ1) is 14.0. The van der Waals surface area contributed by atoms with Gasteiger partial charge in [-0.05, 0) is 43.5 Å². The highest BCUT2D eigenvalue weighted by atomic mass is 16.2. The molecule has 1 atom stereocenters. The number of carbonyl (C=O) groups is 1. The summed E-state index contributed by atoms with van der Waals surface area (Å²) in [6, 6.07) is 7.75. The number of amides is 1. The first-order valence-corrected chi connectivity index (χ1v) is 7.96. The summed E-state index contributed by atoms with van der Waals surface area (Å²) in [5.41, 5.74) is 3.57. The van der Waals surface area contributed by atoms with Crippen molar-refractivity contribution in [2.75, 3.05) is 6.54 Å². The number of H-pyrrole nitrogens is 1. The maximum Gasteiger partial charge on any atom is 0.254 e. The molecular formula is C17H19N5O. The van der Waals surface area contributed by atoms with E-state index in [0.717, 1.165) is 42.5 Å². The van der Waals surface area contributed by atoms with E-state index in [1.165, 1.54) is 0 Å². The molecule has 1 aromatic carbocycles. The lowest BCUT2D eigenvalue weighted by Gasteiger charge is -2.35. The Hall–Kier alpha value is -2.63. The molecule has 118 valence electrons. The Morgan fingerprint density at radius 2 is 2.22 bits per heavy atom. The van der Waals surface area contributed by atoms with Crippen LogP contribution >= 0.6 is 0 Å². The fourth-order valence-electron chi connectivity index (χ4n) is 3.43. The van der Waals surface area contributed by atoms with Crippen LogP contribution in [0, 0.1) is 0 Å². The number of piperidine rings is 1. The fourth-order valence-corrected chi connectivity index (χ4v) is 3.43. The van der Waals surface area contributed by atoms with Crippen LogP contribution < -0.4 is 0 Å². The number of nitrogens with zero attached hydrogens (tertiary/aromatic N) is 4. The predicted molar refractivity (Wildman–Crippen MR) is 86.9 cm³/mol. The zero-order valence-electron chi connectivity index (χ0n) is 13.1. The lowest BCUT2D eigenvalue weighted by Crippen LogP contribution is -2.39. The molecule has 23 heavy (non-hydrogen) atoms. The Morgan fingerprint density at radius 1 is 1.30 bits per heavy atom. The Balaban J connectivity index is 1.68. The smallest absolute Gasteiger partial charge is 0.254 e. The third-order valence-corrected chi connectivity index (χ3v) is 4.63. The van der Waals surface area contributed by atoms with E-state index < -0.39 is 0 Å². The van der Waals surface area contributed by atoms with Crippen LogP contribution in [-0.2, 0) is 7.05 Å². The van der Waals surface area contributed by atoms with E-state index in [4.69, 9.17) is 0 Å². The normalized spacial score (nSPS) is 18.5. The van der Waals surface area contributed by atoms with Crippen molar-refractivity contribution in [3.63, 3.8) is 0 Å². The maximum absolute atomic E-state index is 13.0. The highest BCUT2D eigenvalue weighted by molar-refractivity contribution is 5.97. The highest BCUT2D eigenvalue weighted by Gasteiger charge is 2.30. The number of nitrogens with one attached hydrogen (secondary N) is 1. The van der Waals surface area contributed by atoms with Crippen molar-refractivity contribution in [3.05, 3.63) is 48.0 Å². The number of hydrogen-bond acceptors (Lipinski definition) is 3. The second kappa shape index (κ2) is 5.53. The van der Waals surface area contributed by atoms with Gasteiger partial charge in [-0.1, -0.05) is 0 Å². The summed E-state index contributed by atoms with van der Waals surface area (Å²) >= 11 is 0. The molecular weight excluding hydrogens is 290 g/mol. The van der Waals surface area contributed by atoms with Crippen LogP contribution in [0.1, 0.15) is 41.4 Å². The van der Waals surface area contributed by atoms with E-state index in [2.05, 4.69) is 15.1 Å². The number of aryl methyl sites for hydroxylation is 1. The van der Waals surface area contributed by atoms with E-state index in [1.807, 2.05) is 40.9 Å². The van der Waals surface area contributed by atoms with Crippen LogP contribution in [0.3, 0.4) is 0 Å². The maximum atomic E-state index is 13.0. The summed E-state index contributed by atoms with van der Waals surface area (Å²) in [7, 11) is 1.93. The Kier molecular flexibility index (Phi) is 3.37. The van der Waals surface area contributed by atoms with Crippen LogP contribution in [0.4, 0.5) is 0 Å². The quantitative estimate of drug-likeness (QED) is 0.791. The molecule has 0 bridgehead atoms. The predicted octanol–water partition coefficient (Wildman–Crippen LogP) is 2.66. The molecule has 4 rings (SSSR count). The number of likely N-dealkylation sites (tertiary alicyclic amines) is 1. The summed E-state index contributed by atoms with van der Waals surface area (Å²) in [4.78, 5) is 22.3. The Labute approximate surface area is 134 Å². The van der Waals surface area contributed by atoms with Crippen LogP contribution in [-0.4, -0.2) is 37.1 Å². The van der Waals surface area contributed by atoms with Crippen LogP contribution in [0.5, 0.6) is 0 Å². The molecule has 1 aliphatic heterocycles. The SMILES string of the molecule is Cn1nccc1[C@H]1CCCCN1C(=O)c1ccc2nc[nH]c2c1.